The zero-order chi connectivity index (χ0) is 13.2. The van der Waals surface area contributed by atoms with Gasteiger partial charge in [0.05, 0.1) is 4.47 Å². The molecule has 0 bridgehead atoms. The van der Waals surface area contributed by atoms with Crippen molar-refractivity contribution in [2.45, 2.75) is 32.6 Å². The Labute approximate surface area is 122 Å². The van der Waals surface area contributed by atoms with E-state index in [1.807, 2.05) is 0 Å². The molecule has 2 heterocycles. The second-order valence-electron chi connectivity index (χ2n) is 5.31. The number of halogens is 1. The quantitative estimate of drug-likeness (QED) is 0.925. The summed E-state index contributed by atoms with van der Waals surface area (Å²) in [7, 11) is 0. The van der Waals surface area contributed by atoms with Gasteiger partial charge in [0.2, 0.25) is 6.79 Å². The largest absolute Gasteiger partial charge is 0.453 e. The van der Waals surface area contributed by atoms with Crippen LogP contribution >= 0.6 is 15.9 Å². The molecule has 4 heteroatoms. The standard InChI is InChI=1S/C15H20BrNO2/c1-2-12-11(7-10-3-5-17-6-4-10)8-13(16)15-14(12)18-9-19-15/h8,10,17H,2-7,9H2,1H3. The van der Waals surface area contributed by atoms with E-state index in [0.29, 0.717) is 6.79 Å². The molecule has 2 aliphatic rings. The molecule has 104 valence electrons. The summed E-state index contributed by atoms with van der Waals surface area (Å²) >= 11 is 3.61. The summed E-state index contributed by atoms with van der Waals surface area (Å²) in [6, 6.07) is 2.23. The molecule has 2 aliphatic heterocycles. The number of hydrogen-bond donors (Lipinski definition) is 1. The van der Waals surface area contributed by atoms with Gasteiger partial charge in [0.25, 0.3) is 0 Å². The van der Waals surface area contributed by atoms with Crippen molar-refractivity contribution >= 4 is 15.9 Å². The maximum atomic E-state index is 5.67. The summed E-state index contributed by atoms with van der Waals surface area (Å²) in [5.41, 5.74) is 2.75. The first-order valence-corrected chi connectivity index (χ1v) is 7.89. The molecule has 0 aliphatic carbocycles. The molecule has 19 heavy (non-hydrogen) atoms. The van der Waals surface area contributed by atoms with Gasteiger partial charge in [-0.25, -0.2) is 0 Å². The van der Waals surface area contributed by atoms with Crippen LogP contribution in [0, 0.1) is 5.92 Å². The number of piperidine rings is 1. The first-order valence-electron chi connectivity index (χ1n) is 7.10. The van der Waals surface area contributed by atoms with Gasteiger partial charge in [-0.05, 0) is 72.3 Å². The topological polar surface area (TPSA) is 30.5 Å². The van der Waals surface area contributed by atoms with E-state index in [1.165, 1.54) is 24.0 Å². The van der Waals surface area contributed by atoms with Gasteiger partial charge < -0.3 is 14.8 Å². The highest BCUT2D eigenvalue weighted by molar-refractivity contribution is 9.10. The van der Waals surface area contributed by atoms with Crippen molar-refractivity contribution in [2.24, 2.45) is 5.92 Å². The predicted molar refractivity (Wildman–Crippen MR) is 78.9 cm³/mol. The van der Waals surface area contributed by atoms with E-state index in [1.54, 1.807) is 0 Å². The summed E-state index contributed by atoms with van der Waals surface area (Å²) in [6.07, 6.45) is 4.70. The summed E-state index contributed by atoms with van der Waals surface area (Å²) in [6.45, 7) is 4.84. The van der Waals surface area contributed by atoms with Crippen molar-refractivity contribution in [3.8, 4) is 11.5 Å². The fourth-order valence-electron chi connectivity index (χ4n) is 3.10. The third-order valence-electron chi connectivity index (χ3n) is 4.11. The van der Waals surface area contributed by atoms with Gasteiger partial charge in [-0.2, -0.15) is 0 Å². The highest BCUT2D eigenvalue weighted by Crippen LogP contribution is 2.44. The Morgan fingerprint density at radius 3 is 2.74 bits per heavy atom. The van der Waals surface area contributed by atoms with Crippen LogP contribution in [0.2, 0.25) is 0 Å². The van der Waals surface area contributed by atoms with Crippen LogP contribution in [0.3, 0.4) is 0 Å². The van der Waals surface area contributed by atoms with E-state index in [4.69, 9.17) is 9.47 Å². The Balaban J connectivity index is 1.89. The number of rotatable bonds is 3. The average Bonchev–Trinajstić information content (AvgIpc) is 2.90. The minimum Gasteiger partial charge on any atom is -0.453 e. The zero-order valence-corrected chi connectivity index (χ0v) is 12.9. The van der Waals surface area contributed by atoms with Crippen molar-refractivity contribution < 1.29 is 9.47 Å². The Kier molecular flexibility index (Phi) is 3.99. The van der Waals surface area contributed by atoms with E-state index in [0.717, 1.165) is 47.8 Å². The number of hydrogen-bond acceptors (Lipinski definition) is 3. The van der Waals surface area contributed by atoms with E-state index < -0.39 is 0 Å². The Morgan fingerprint density at radius 1 is 1.26 bits per heavy atom. The third-order valence-corrected chi connectivity index (χ3v) is 4.70. The Hall–Kier alpha value is -0.740. The van der Waals surface area contributed by atoms with Crippen LogP contribution in [-0.4, -0.2) is 19.9 Å². The number of fused-ring (bicyclic) bond motifs is 1. The SMILES string of the molecule is CCc1c(CC2CCNCC2)cc(Br)c2c1OCO2. The van der Waals surface area contributed by atoms with Gasteiger partial charge in [0.15, 0.2) is 11.5 Å². The van der Waals surface area contributed by atoms with E-state index in [9.17, 15) is 0 Å². The maximum Gasteiger partial charge on any atom is 0.231 e. The normalized spacial score (nSPS) is 18.8. The smallest absolute Gasteiger partial charge is 0.231 e. The molecule has 0 amide bonds. The summed E-state index contributed by atoms with van der Waals surface area (Å²) in [4.78, 5) is 0. The van der Waals surface area contributed by atoms with Crippen LogP contribution < -0.4 is 14.8 Å². The number of nitrogens with one attached hydrogen (secondary N) is 1. The van der Waals surface area contributed by atoms with Gasteiger partial charge in [-0.15, -0.1) is 0 Å². The number of benzene rings is 1. The Morgan fingerprint density at radius 2 is 2.00 bits per heavy atom. The lowest BCUT2D eigenvalue weighted by atomic mass is 9.88. The van der Waals surface area contributed by atoms with Crippen LogP contribution in [0.15, 0.2) is 10.5 Å². The predicted octanol–water partition coefficient (Wildman–Crippen LogP) is 3.28. The van der Waals surface area contributed by atoms with Gasteiger partial charge >= 0.3 is 0 Å². The molecule has 1 saturated heterocycles. The van der Waals surface area contributed by atoms with Gasteiger partial charge in [-0.3, -0.25) is 0 Å². The first-order chi connectivity index (χ1) is 9.29. The van der Waals surface area contributed by atoms with Crippen LogP contribution in [0.5, 0.6) is 11.5 Å². The molecule has 1 N–H and O–H groups in total. The van der Waals surface area contributed by atoms with Crippen molar-refractivity contribution in [3.63, 3.8) is 0 Å². The third kappa shape index (κ3) is 2.61. The molecule has 0 radical (unpaired) electrons. The van der Waals surface area contributed by atoms with Crippen LogP contribution in [0.1, 0.15) is 30.9 Å². The van der Waals surface area contributed by atoms with Crippen LogP contribution in [0.25, 0.3) is 0 Å². The number of ether oxygens (including phenoxy) is 2. The highest BCUT2D eigenvalue weighted by atomic mass is 79.9. The van der Waals surface area contributed by atoms with Crippen LogP contribution in [0.4, 0.5) is 0 Å². The molecular formula is C15H20BrNO2. The molecule has 1 aromatic carbocycles. The van der Waals surface area contributed by atoms with Crippen LogP contribution in [-0.2, 0) is 12.8 Å². The van der Waals surface area contributed by atoms with E-state index in [-0.39, 0.29) is 0 Å². The van der Waals surface area contributed by atoms with Crippen molar-refractivity contribution in [3.05, 3.63) is 21.7 Å². The molecule has 0 aromatic heterocycles. The van der Waals surface area contributed by atoms with Gasteiger partial charge in [0, 0.05) is 5.56 Å². The molecule has 0 unspecified atom stereocenters. The lowest BCUT2D eigenvalue weighted by molar-refractivity contribution is 0.172. The molecule has 3 nitrogen and oxygen atoms in total. The monoisotopic (exact) mass is 325 g/mol. The molecule has 1 aromatic rings. The fourth-order valence-corrected chi connectivity index (χ4v) is 3.67. The van der Waals surface area contributed by atoms with Crippen molar-refractivity contribution in [1.82, 2.24) is 5.32 Å². The van der Waals surface area contributed by atoms with Gasteiger partial charge in [0.1, 0.15) is 0 Å². The molecule has 1 fully saturated rings. The molecular weight excluding hydrogens is 306 g/mol. The molecule has 0 atom stereocenters. The minimum absolute atomic E-state index is 0.345. The zero-order valence-electron chi connectivity index (χ0n) is 11.3. The summed E-state index contributed by atoms with van der Waals surface area (Å²) in [5, 5.41) is 3.43. The van der Waals surface area contributed by atoms with Crippen molar-refractivity contribution in [2.75, 3.05) is 19.9 Å². The van der Waals surface area contributed by atoms with Gasteiger partial charge in [-0.1, -0.05) is 6.92 Å². The highest BCUT2D eigenvalue weighted by Gasteiger charge is 2.25. The molecule has 3 rings (SSSR count). The van der Waals surface area contributed by atoms with Crippen molar-refractivity contribution in [1.29, 1.82) is 0 Å². The first kappa shape index (κ1) is 13.3. The van der Waals surface area contributed by atoms with E-state index >= 15 is 0 Å². The average molecular weight is 326 g/mol. The lowest BCUT2D eigenvalue weighted by Gasteiger charge is -2.24. The maximum absolute atomic E-state index is 5.67. The molecule has 0 saturated carbocycles. The summed E-state index contributed by atoms with van der Waals surface area (Å²) < 4.78 is 12.2. The summed E-state index contributed by atoms with van der Waals surface area (Å²) in [5.74, 6) is 2.63. The molecule has 0 spiro atoms. The minimum atomic E-state index is 0.345. The fraction of sp³-hybridized carbons (Fsp3) is 0.600. The van der Waals surface area contributed by atoms with E-state index in [2.05, 4.69) is 34.2 Å². The second kappa shape index (κ2) is 5.71. The Bertz CT molecular complexity index is 470. The second-order valence-corrected chi connectivity index (χ2v) is 6.17. The lowest BCUT2D eigenvalue weighted by Crippen LogP contribution is -2.28.